The van der Waals surface area contributed by atoms with Gasteiger partial charge in [0.15, 0.2) is 6.61 Å². The van der Waals surface area contributed by atoms with Gasteiger partial charge in [-0.2, -0.15) is 0 Å². The molecule has 0 aromatic heterocycles. The van der Waals surface area contributed by atoms with Gasteiger partial charge in [-0.05, 0) is 43.9 Å². The minimum atomic E-state index is -3.98. The maximum absolute atomic E-state index is 12.1. The van der Waals surface area contributed by atoms with Crippen LogP contribution in [-0.2, 0) is 29.1 Å². The van der Waals surface area contributed by atoms with Crippen molar-refractivity contribution in [2.75, 3.05) is 13.2 Å². The third kappa shape index (κ3) is 6.93. The molecule has 0 spiro atoms. The molecule has 0 unspecified atom stereocenters. The van der Waals surface area contributed by atoms with Crippen LogP contribution in [0.25, 0.3) is 0 Å². The molecule has 2 N–H and O–H groups in total. The maximum Gasteiger partial charge on any atom is 0.344 e. The number of sulfonamides is 1. The predicted molar refractivity (Wildman–Crippen MR) is 97.1 cm³/mol. The Bertz CT molecular complexity index is 815. The summed E-state index contributed by atoms with van der Waals surface area (Å²) in [7, 11) is -3.98. The second-order valence-electron chi connectivity index (χ2n) is 6.39. The second-order valence-corrected chi connectivity index (χ2v) is 8.16. The fourth-order valence-electron chi connectivity index (χ4n) is 2.78. The van der Waals surface area contributed by atoms with Crippen LogP contribution < -0.4 is 4.72 Å². The van der Waals surface area contributed by atoms with Crippen molar-refractivity contribution in [2.45, 2.75) is 49.5 Å². The molecule has 0 amide bonds. The van der Waals surface area contributed by atoms with Crippen LogP contribution in [0.15, 0.2) is 29.2 Å². The van der Waals surface area contributed by atoms with Gasteiger partial charge in [-0.1, -0.05) is 12.5 Å². The first kappa shape index (κ1) is 21.8. The molecule has 0 aliphatic heterocycles. The number of esters is 2. The molecule has 0 saturated heterocycles. The van der Waals surface area contributed by atoms with Crippen LogP contribution in [0.5, 0.6) is 0 Å². The molecule has 1 saturated carbocycles. The topological polar surface area (TPSA) is 136 Å². The lowest BCUT2D eigenvalue weighted by atomic mass is 9.98. The monoisotopic (exact) mass is 413 g/mol. The molecule has 1 aliphatic carbocycles. The van der Waals surface area contributed by atoms with E-state index in [-0.39, 0.29) is 29.5 Å². The number of ether oxygens (including phenoxy) is 2. The highest BCUT2D eigenvalue weighted by molar-refractivity contribution is 7.89. The zero-order chi connectivity index (χ0) is 20.6. The number of hydrogen-bond donors (Lipinski definition) is 2. The summed E-state index contributed by atoms with van der Waals surface area (Å²) in [4.78, 5) is 34.0. The Morgan fingerprint density at radius 3 is 2.50 bits per heavy atom. The maximum atomic E-state index is 12.1. The number of aromatic carboxylic acids is 1. The summed E-state index contributed by atoms with van der Waals surface area (Å²) in [6.45, 7) is -0.765. The van der Waals surface area contributed by atoms with E-state index in [4.69, 9.17) is 14.6 Å². The standard InChI is InChI=1S/C18H23NO8S/c20-16(26-12-17(21)27-14-6-2-1-3-7-14)9-10-19-28(24,25)15-8-4-5-13(11-15)18(22)23/h4-5,8,11,14,19H,1-3,6-7,9-10,12H2,(H,22,23). The van der Waals surface area contributed by atoms with Crippen molar-refractivity contribution < 1.29 is 37.4 Å². The fraction of sp³-hybridized carbons (Fsp3) is 0.500. The smallest absolute Gasteiger partial charge is 0.344 e. The number of carboxylic acids is 1. The normalized spacial score (nSPS) is 15.0. The Kier molecular flexibility index (Phi) is 7.94. The van der Waals surface area contributed by atoms with Crippen LogP contribution in [0.4, 0.5) is 0 Å². The molecular weight excluding hydrogens is 390 g/mol. The Hall–Kier alpha value is -2.46. The summed E-state index contributed by atoms with van der Waals surface area (Å²) < 4.78 is 36.5. The molecular formula is C18H23NO8S. The van der Waals surface area contributed by atoms with E-state index in [1.165, 1.54) is 18.2 Å². The molecule has 0 bridgehead atoms. The minimum Gasteiger partial charge on any atom is -0.478 e. The van der Waals surface area contributed by atoms with Crippen molar-refractivity contribution in [2.24, 2.45) is 0 Å². The van der Waals surface area contributed by atoms with Crippen LogP contribution in [-0.4, -0.2) is 50.7 Å². The lowest BCUT2D eigenvalue weighted by molar-refractivity contribution is -0.163. The van der Waals surface area contributed by atoms with Crippen LogP contribution in [0.2, 0.25) is 0 Å². The molecule has 2 rings (SSSR count). The van der Waals surface area contributed by atoms with Gasteiger partial charge in [0, 0.05) is 6.54 Å². The Morgan fingerprint density at radius 2 is 1.82 bits per heavy atom. The van der Waals surface area contributed by atoms with E-state index in [2.05, 4.69) is 4.72 Å². The van der Waals surface area contributed by atoms with Gasteiger partial charge in [-0.15, -0.1) is 0 Å². The molecule has 0 radical (unpaired) electrons. The zero-order valence-corrected chi connectivity index (χ0v) is 16.1. The first-order chi connectivity index (χ1) is 13.3. The molecule has 1 aromatic rings. The van der Waals surface area contributed by atoms with E-state index in [1.807, 2.05) is 0 Å². The summed E-state index contributed by atoms with van der Waals surface area (Å²) in [5.74, 6) is -2.62. The van der Waals surface area contributed by atoms with Gasteiger partial charge in [0.2, 0.25) is 10.0 Å². The first-order valence-corrected chi connectivity index (χ1v) is 10.4. The Morgan fingerprint density at radius 1 is 1.11 bits per heavy atom. The number of carboxylic acid groups (broad SMARTS) is 1. The summed E-state index contributed by atoms with van der Waals surface area (Å²) in [6, 6.07) is 4.84. The lowest BCUT2D eigenvalue weighted by Gasteiger charge is -2.21. The summed E-state index contributed by atoms with van der Waals surface area (Å²) in [5, 5.41) is 8.92. The van der Waals surface area contributed by atoms with E-state index in [1.54, 1.807) is 0 Å². The van der Waals surface area contributed by atoms with Gasteiger partial charge in [0.1, 0.15) is 6.10 Å². The van der Waals surface area contributed by atoms with E-state index in [9.17, 15) is 22.8 Å². The predicted octanol–water partition coefficient (Wildman–Crippen LogP) is 1.47. The van der Waals surface area contributed by atoms with Crippen LogP contribution in [0, 0.1) is 0 Å². The highest BCUT2D eigenvalue weighted by Gasteiger charge is 2.19. The third-order valence-electron chi connectivity index (χ3n) is 4.21. The van der Waals surface area contributed by atoms with Crippen molar-refractivity contribution in [3.8, 4) is 0 Å². The Balaban J connectivity index is 1.72. The molecule has 154 valence electrons. The summed E-state index contributed by atoms with van der Waals surface area (Å²) in [5.41, 5.74) is -0.168. The van der Waals surface area contributed by atoms with Crippen molar-refractivity contribution in [3.63, 3.8) is 0 Å². The zero-order valence-electron chi connectivity index (χ0n) is 15.3. The molecule has 1 aliphatic rings. The summed E-state index contributed by atoms with van der Waals surface area (Å²) in [6.07, 6.45) is 4.34. The average Bonchev–Trinajstić information content (AvgIpc) is 2.67. The molecule has 1 aromatic carbocycles. The van der Waals surface area contributed by atoms with Crippen molar-refractivity contribution in [1.29, 1.82) is 0 Å². The largest absolute Gasteiger partial charge is 0.478 e. The number of nitrogens with one attached hydrogen (secondary N) is 1. The molecule has 28 heavy (non-hydrogen) atoms. The number of carbonyl (C=O) groups is 3. The van der Waals surface area contributed by atoms with E-state index < -0.39 is 34.5 Å². The quantitative estimate of drug-likeness (QED) is 0.581. The third-order valence-corrected chi connectivity index (χ3v) is 5.67. The van der Waals surface area contributed by atoms with Crippen LogP contribution in [0.1, 0.15) is 48.9 Å². The minimum absolute atomic E-state index is 0.131. The average molecular weight is 413 g/mol. The SMILES string of the molecule is O=C(CCNS(=O)(=O)c1cccc(C(=O)O)c1)OCC(=O)OC1CCCCC1. The molecule has 1 fully saturated rings. The van der Waals surface area contributed by atoms with Crippen LogP contribution >= 0.6 is 0 Å². The number of carbonyl (C=O) groups excluding carboxylic acids is 2. The van der Waals surface area contributed by atoms with E-state index >= 15 is 0 Å². The summed E-state index contributed by atoms with van der Waals surface area (Å²) >= 11 is 0. The fourth-order valence-corrected chi connectivity index (χ4v) is 3.86. The van der Waals surface area contributed by atoms with Gasteiger partial charge < -0.3 is 14.6 Å². The van der Waals surface area contributed by atoms with Crippen molar-refractivity contribution in [1.82, 2.24) is 4.72 Å². The van der Waals surface area contributed by atoms with E-state index in [0.717, 1.165) is 38.2 Å². The lowest BCUT2D eigenvalue weighted by Crippen LogP contribution is -2.28. The molecule has 0 atom stereocenters. The van der Waals surface area contributed by atoms with Gasteiger partial charge in [0.05, 0.1) is 16.9 Å². The Labute approximate surface area is 163 Å². The number of benzene rings is 1. The van der Waals surface area contributed by atoms with Gasteiger partial charge >= 0.3 is 17.9 Å². The van der Waals surface area contributed by atoms with E-state index in [0.29, 0.717) is 0 Å². The van der Waals surface area contributed by atoms with Crippen molar-refractivity contribution >= 4 is 27.9 Å². The molecule has 10 heteroatoms. The highest BCUT2D eigenvalue weighted by atomic mass is 32.2. The molecule has 9 nitrogen and oxygen atoms in total. The van der Waals surface area contributed by atoms with Gasteiger partial charge in [-0.3, -0.25) is 4.79 Å². The number of hydrogen-bond acceptors (Lipinski definition) is 7. The van der Waals surface area contributed by atoms with Crippen molar-refractivity contribution in [3.05, 3.63) is 29.8 Å². The van der Waals surface area contributed by atoms with Gasteiger partial charge in [-0.25, -0.2) is 22.7 Å². The number of rotatable bonds is 9. The van der Waals surface area contributed by atoms with Gasteiger partial charge in [0.25, 0.3) is 0 Å². The second kappa shape index (κ2) is 10.2. The first-order valence-electron chi connectivity index (χ1n) is 8.96. The molecule has 0 heterocycles. The van der Waals surface area contributed by atoms with Crippen LogP contribution in [0.3, 0.4) is 0 Å². The highest BCUT2D eigenvalue weighted by Crippen LogP contribution is 2.20.